The van der Waals surface area contributed by atoms with Gasteiger partial charge in [-0.1, -0.05) is 24.3 Å². The molecule has 4 rings (SSSR count). The highest BCUT2D eigenvalue weighted by Crippen LogP contribution is 2.40. The average Bonchev–Trinajstić information content (AvgIpc) is 3.32. The van der Waals surface area contributed by atoms with Crippen LogP contribution in [0.15, 0.2) is 71.4 Å². The normalized spacial score (nSPS) is 11.4. The van der Waals surface area contributed by atoms with Crippen molar-refractivity contribution in [3.63, 3.8) is 0 Å². The van der Waals surface area contributed by atoms with Crippen LogP contribution in [0.4, 0.5) is 0 Å². The molecule has 1 amide bonds. The van der Waals surface area contributed by atoms with Crippen molar-refractivity contribution in [1.29, 1.82) is 0 Å². The van der Waals surface area contributed by atoms with Gasteiger partial charge in [0.1, 0.15) is 22.8 Å². The van der Waals surface area contributed by atoms with E-state index >= 15 is 0 Å². The predicted octanol–water partition coefficient (Wildman–Crippen LogP) is 6.54. The lowest BCUT2D eigenvalue weighted by Gasteiger charge is -2.13. The van der Waals surface area contributed by atoms with Crippen molar-refractivity contribution in [2.75, 3.05) is 20.8 Å². The second-order valence-electron chi connectivity index (χ2n) is 8.46. The molecular weight excluding hydrogens is 454 g/mol. The van der Waals surface area contributed by atoms with E-state index in [4.69, 9.17) is 18.6 Å². The molecule has 4 aromatic rings. The van der Waals surface area contributed by atoms with Crippen LogP contribution < -0.4 is 19.5 Å². The van der Waals surface area contributed by atoms with Gasteiger partial charge in [-0.15, -0.1) is 0 Å². The Balaban J connectivity index is 1.64. The quantitative estimate of drug-likeness (QED) is 0.273. The number of carbonyl (C=O) groups excluding carboxylic acids is 1. The Labute approximate surface area is 211 Å². The second-order valence-corrected chi connectivity index (χ2v) is 8.46. The Bertz CT molecular complexity index is 1400. The molecule has 0 saturated heterocycles. The van der Waals surface area contributed by atoms with Gasteiger partial charge in [0.15, 0.2) is 0 Å². The van der Waals surface area contributed by atoms with Crippen LogP contribution >= 0.6 is 0 Å². The van der Waals surface area contributed by atoms with E-state index < -0.39 is 0 Å². The zero-order valence-corrected chi connectivity index (χ0v) is 21.3. The lowest BCUT2D eigenvalue weighted by Crippen LogP contribution is -2.20. The molecule has 1 aromatic heterocycles. The first-order chi connectivity index (χ1) is 17.4. The number of hydrogen-bond acceptors (Lipinski definition) is 5. The van der Waals surface area contributed by atoms with Crippen LogP contribution in [0.2, 0.25) is 0 Å². The summed E-state index contributed by atoms with van der Waals surface area (Å²) < 4.78 is 22.5. The number of ether oxygens (including phenoxy) is 3. The molecule has 1 heterocycles. The van der Waals surface area contributed by atoms with Gasteiger partial charge in [-0.2, -0.15) is 0 Å². The number of fused-ring (bicyclic) bond motifs is 1. The van der Waals surface area contributed by atoms with Gasteiger partial charge >= 0.3 is 0 Å². The highest BCUT2D eigenvalue weighted by molar-refractivity contribution is 6.01. The van der Waals surface area contributed by atoms with Gasteiger partial charge in [0, 0.05) is 34.7 Å². The van der Waals surface area contributed by atoms with Crippen molar-refractivity contribution in [2.45, 2.75) is 27.3 Å². The smallest absolute Gasteiger partial charge is 0.244 e. The van der Waals surface area contributed by atoms with Crippen molar-refractivity contribution >= 4 is 22.4 Å². The van der Waals surface area contributed by atoms with E-state index in [1.54, 1.807) is 26.6 Å². The van der Waals surface area contributed by atoms with Crippen LogP contribution in [-0.4, -0.2) is 26.7 Å². The van der Waals surface area contributed by atoms with E-state index in [1.165, 1.54) is 0 Å². The van der Waals surface area contributed by atoms with Crippen molar-refractivity contribution in [1.82, 2.24) is 5.32 Å². The highest BCUT2D eigenvalue weighted by Gasteiger charge is 2.19. The van der Waals surface area contributed by atoms with Crippen LogP contribution in [0.3, 0.4) is 0 Å². The number of allylic oxidation sites excluding steroid dienone is 1. The summed E-state index contributed by atoms with van der Waals surface area (Å²) in [4.78, 5) is 12.7. The summed E-state index contributed by atoms with van der Waals surface area (Å²) >= 11 is 0. The third-order valence-corrected chi connectivity index (χ3v) is 6.10. The van der Waals surface area contributed by atoms with Crippen molar-refractivity contribution in [3.05, 3.63) is 83.6 Å². The maximum absolute atomic E-state index is 12.7. The van der Waals surface area contributed by atoms with E-state index in [1.807, 2.05) is 75.4 Å². The average molecular weight is 486 g/mol. The van der Waals surface area contributed by atoms with Gasteiger partial charge < -0.3 is 23.9 Å². The van der Waals surface area contributed by atoms with Crippen LogP contribution in [0, 0.1) is 6.92 Å². The molecule has 0 unspecified atom stereocenters. The van der Waals surface area contributed by atoms with E-state index in [9.17, 15) is 4.79 Å². The molecule has 0 aliphatic heterocycles. The molecule has 186 valence electrons. The zero-order valence-electron chi connectivity index (χ0n) is 21.3. The number of carbonyl (C=O) groups is 1. The monoisotopic (exact) mass is 485 g/mol. The number of aryl methyl sites for hydroxylation is 1. The molecule has 0 saturated carbocycles. The lowest BCUT2D eigenvalue weighted by atomic mass is 9.96. The molecule has 1 N–H and O–H groups in total. The fourth-order valence-corrected chi connectivity index (χ4v) is 4.29. The fraction of sp³-hybridized carbons (Fsp3) is 0.233. The largest absolute Gasteiger partial charge is 0.497 e. The molecule has 3 aromatic carbocycles. The van der Waals surface area contributed by atoms with Crippen LogP contribution in [0.25, 0.3) is 27.7 Å². The molecule has 6 heteroatoms. The Morgan fingerprint density at radius 1 is 1.03 bits per heavy atom. The first kappa shape index (κ1) is 24.9. The van der Waals surface area contributed by atoms with Crippen LogP contribution in [0.1, 0.15) is 30.5 Å². The predicted molar refractivity (Wildman–Crippen MR) is 143 cm³/mol. The number of benzene rings is 3. The first-order valence-corrected chi connectivity index (χ1v) is 11.9. The number of nitrogens with one attached hydrogen (secondary N) is 1. The van der Waals surface area contributed by atoms with Crippen molar-refractivity contribution in [2.24, 2.45) is 0 Å². The molecule has 0 aliphatic carbocycles. The van der Waals surface area contributed by atoms with Gasteiger partial charge in [0.05, 0.1) is 27.1 Å². The summed E-state index contributed by atoms with van der Waals surface area (Å²) in [6.45, 7) is 6.86. The van der Waals surface area contributed by atoms with Crippen LogP contribution in [-0.2, 0) is 11.3 Å². The number of amides is 1. The standard InChI is InChI=1S/C30H31NO5/c1-6-35-23-12-10-22(11-13-23)27-18-36-30-20(3)29(34-5)25(16-26(27)30)19(2)14-28(32)31-17-21-8-7-9-24(15-21)33-4/h7-16,18H,6,17H2,1-5H3,(H,31,32)/b19-14+. The molecule has 0 aliphatic rings. The molecule has 0 bridgehead atoms. The lowest BCUT2D eigenvalue weighted by molar-refractivity contribution is -0.116. The van der Waals surface area contributed by atoms with E-state index in [-0.39, 0.29) is 5.91 Å². The third kappa shape index (κ3) is 5.23. The minimum Gasteiger partial charge on any atom is -0.497 e. The molecule has 0 fully saturated rings. The summed E-state index contributed by atoms with van der Waals surface area (Å²) in [6.07, 6.45) is 3.36. The van der Waals surface area contributed by atoms with E-state index in [2.05, 4.69) is 5.32 Å². The topological polar surface area (TPSA) is 69.9 Å². The summed E-state index contributed by atoms with van der Waals surface area (Å²) in [5, 5.41) is 3.90. The second kappa shape index (κ2) is 11.0. The Kier molecular flexibility index (Phi) is 7.64. The van der Waals surface area contributed by atoms with E-state index in [0.717, 1.165) is 55.9 Å². The maximum atomic E-state index is 12.7. The third-order valence-electron chi connectivity index (χ3n) is 6.10. The Morgan fingerprint density at radius 2 is 1.81 bits per heavy atom. The Hall–Kier alpha value is -4.19. The number of rotatable bonds is 9. The number of furan rings is 1. The van der Waals surface area contributed by atoms with E-state index in [0.29, 0.717) is 18.9 Å². The highest BCUT2D eigenvalue weighted by atomic mass is 16.5. The Morgan fingerprint density at radius 3 is 2.50 bits per heavy atom. The molecule has 0 spiro atoms. The van der Waals surface area contributed by atoms with Gasteiger partial charge in [0.25, 0.3) is 0 Å². The number of methoxy groups -OCH3 is 2. The summed E-state index contributed by atoms with van der Waals surface area (Å²) in [7, 11) is 3.25. The van der Waals surface area contributed by atoms with Gasteiger partial charge in [-0.05, 0) is 67.8 Å². The minimum atomic E-state index is -0.186. The molecular formula is C30H31NO5. The van der Waals surface area contributed by atoms with Gasteiger partial charge in [0.2, 0.25) is 5.91 Å². The summed E-state index contributed by atoms with van der Waals surface area (Å²) in [6, 6.07) is 17.6. The van der Waals surface area contributed by atoms with Gasteiger partial charge in [-0.25, -0.2) is 0 Å². The fourth-order valence-electron chi connectivity index (χ4n) is 4.29. The molecule has 36 heavy (non-hydrogen) atoms. The number of hydrogen-bond donors (Lipinski definition) is 1. The zero-order chi connectivity index (χ0) is 25.7. The summed E-state index contributed by atoms with van der Waals surface area (Å²) in [5.41, 5.74) is 6.22. The molecule has 0 atom stereocenters. The minimum absolute atomic E-state index is 0.186. The van der Waals surface area contributed by atoms with Crippen LogP contribution in [0.5, 0.6) is 17.2 Å². The SMILES string of the molecule is CCOc1ccc(-c2coc3c(C)c(OC)c(/C(C)=C/C(=O)NCc4cccc(OC)c4)cc23)cc1. The maximum Gasteiger partial charge on any atom is 0.244 e. The van der Waals surface area contributed by atoms with Crippen molar-refractivity contribution in [3.8, 4) is 28.4 Å². The first-order valence-electron chi connectivity index (χ1n) is 11.9. The molecule has 6 nitrogen and oxygen atoms in total. The summed E-state index contributed by atoms with van der Waals surface area (Å²) in [5.74, 6) is 2.08. The van der Waals surface area contributed by atoms with Crippen molar-refractivity contribution < 1.29 is 23.4 Å². The molecule has 0 radical (unpaired) electrons. The van der Waals surface area contributed by atoms with Gasteiger partial charge in [-0.3, -0.25) is 4.79 Å².